The zero-order valence-electron chi connectivity index (χ0n) is 8.82. The van der Waals surface area contributed by atoms with Gasteiger partial charge in [0.2, 0.25) is 0 Å². The average Bonchev–Trinajstić information content (AvgIpc) is 2.01. The zero-order chi connectivity index (χ0) is 10.7. The van der Waals surface area contributed by atoms with Gasteiger partial charge in [-0.25, -0.2) is 8.42 Å². The molecule has 0 radical (unpaired) electrons. The van der Waals surface area contributed by atoms with Gasteiger partial charge in [0.15, 0.2) is 9.84 Å². The molecule has 14 heavy (non-hydrogen) atoms. The molecule has 0 spiro atoms. The Labute approximate surface area is 86.1 Å². The smallest absolute Gasteiger partial charge is 0.150 e. The molecule has 4 heteroatoms. The Morgan fingerprint density at radius 2 is 2.21 bits per heavy atom. The summed E-state index contributed by atoms with van der Waals surface area (Å²) in [6, 6.07) is 0. The van der Waals surface area contributed by atoms with Crippen LogP contribution < -0.4 is 0 Å². The first-order valence-electron chi connectivity index (χ1n) is 4.91. The van der Waals surface area contributed by atoms with Crippen LogP contribution in [0.4, 0.5) is 0 Å². The van der Waals surface area contributed by atoms with Crippen molar-refractivity contribution in [2.75, 3.05) is 18.1 Å². The predicted molar refractivity (Wildman–Crippen MR) is 56.8 cm³/mol. The van der Waals surface area contributed by atoms with Crippen LogP contribution in [0.1, 0.15) is 26.7 Å². The summed E-state index contributed by atoms with van der Waals surface area (Å²) in [5.74, 6) is 0.601. The maximum atomic E-state index is 11.4. The quantitative estimate of drug-likeness (QED) is 0.678. The summed E-state index contributed by atoms with van der Waals surface area (Å²) in [6.45, 7) is 4.35. The number of rotatable bonds is 3. The first-order chi connectivity index (χ1) is 6.47. The highest BCUT2D eigenvalue weighted by atomic mass is 32.2. The van der Waals surface area contributed by atoms with E-state index in [0.29, 0.717) is 12.4 Å². The van der Waals surface area contributed by atoms with Gasteiger partial charge in [0.05, 0.1) is 24.4 Å². The minimum absolute atomic E-state index is 0.198. The molecule has 0 aromatic rings. The van der Waals surface area contributed by atoms with Crippen LogP contribution in [0.5, 0.6) is 0 Å². The number of sulfone groups is 1. The van der Waals surface area contributed by atoms with Crippen molar-refractivity contribution in [1.29, 1.82) is 0 Å². The highest BCUT2D eigenvalue weighted by Crippen LogP contribution is 2.31. The van der Waals surface area contributed by atoms with Gasteiger partial charge in [0.25, 0.3) is 0 Å². The maximum Gasteiger partial charge on any atom is 0.150 e. The molecule has 1 fully saturated rings. The maximum absolute atomic E-state index is 11.4. The average molecular weight is 218 g/mol. The lowest BCUT2D eigenvalue weighted by Crippen LogP contribution is -2.37. The van der Waals surface area contributed by atoms with E-state index in [1.807, 2.05) is 13.8 Å². The Hall–Kier alpha value is -0.510. The third kappa shape index (κ3) is 3.33. The van der Waals surface area contributed by atoms with E-state index in [1.54, 1.807) is 12.3 Å². The van der Waals surface area contributed by atoms with Crippen molar-refractivity contribution in [1.82, 2.24) is 0 Å². The van der Waals surface area contributed by atoms with E-state index >= 15 is 0 Å². The predicted octanol–water partition coefficient (Wildman–Crippen LogP) is 1.75. The third-order valence-electron chi connectivity index (χ3n) is 2.47. The molecule has 0 amide bonds. The Morgan fingerprint density at radius 1 is 1.50 bits per heavy atom. The van der Waals surface area contributed by atoms with Crippen molar-refractivity contribution in [2.45, 2.75) is 26.7 Å². The molecule has 1 aliphatic heterocycles. The molecular formula is C10H18O3S. The standard InChI is InChI=1S/C10H18O3S/c1-3-6-13-8-10(2)5-4-7-14(11,12)9-10/h3,6H,4-5,7-9H2,1-2H3/b6-3+. The SMILES string of the molecule is C/C=C/OCC1(C)CCCS(=O)(=O)C1. The number of hydrogen-bond donors (Lipinski definition) is 0. The molecule has 0 aromatic carbocycles. The van der Waals surface area contributed by atoms with Gasteiger partial charge in [-0.15, -0.1) is 0 Å². The van der Waals surface area contributed by atoms with E-state index in [-0.39, 0.29) is 11.2 Å². The van der Waals surface area contributed by atoms with Crippen molar-refractivity contribution in [3.63, 3.8) is 0 Å². The number of ether oxygens (including phenoxy) is 1. The first-order valence-corrected chi connectivity index (χ1v) is 6.73. The van der Waals surface area contributed by atoms with Gasteiger partial charge in [-0.2, -0.15) is 0 Å². The summed E-state index contributed by atoms with van der Waals surface area (Å²) in [7, 11) is -2.83. The van der Waals surface area contributed by atoms with Gasteiger partial charge in [0.1, 0.15) is 0 Å². The fraction of sp³-hybridized carbons (Fsp3) is 0.800. The molecule has 1 rings (SSSR count). The monoisotopic (exact) mass is 218 g/mol. The third-order valence-corrected chi connectivity index (χ3v) is 4.52. The molecule has 0 aromatic heterocycles. The Balaban J connectivity index is 2.56. The lowest BCUT2D eigenvalue weighted by Gasteiger charge is -2.32. The van der Waals surface area contributed by atoms with Crippen LogP contribution in [0.15, 0.2) is 12.3 Å². The van der Waals surface area contributed by atoms with E-state index in [4.69, 9.17) is 4.74 Å². The van der Waals surface area contributed by atoms with Gasteiger partial charge in [0, 0.05) is 5.41 Å². The van der Waals surface area contributed by atoms with E-state index in [1.165, 1.54) is 0 Å². The summed E-state index contributed by atoms with van der Waals surface area (Å²) in [6.07, 6.45) is 5.12. The van der Waals surface area contributed by atoms with Crippen molar-refractivity contribution in [2.24, 2.45) is 5.41 Å². The van der Waals surface area contributed by atoms with Gasteiger partial charge in [-0.1, -0.05) is 13.0 Å². The van der Waals surface area contributed by atoms with E-state index in [9.17, 15) is 8.42 Å². The molecule has 1 atom stereocenters. The molecule has 0 saturated carbocycles. The molecule has 1 saturated heterocycles. The van der Waals surface area contributed by atoms with E-state index < -0.39 is 9.84 Å². The highest BCUT2D eigenvalue weighted by Gasteiger charge is 2.35. The van der Waals surface area contributed by atoms with Crippen LogP contribution in [-0.2, 0) is 14.6 Å². The molecule has 0 aliphatic carbocycles. The normalized spacial score (nSPS) is 31.9. The minimum Gasteiger partial charge on any atom is -0.501 e. The first kappa shape index (κ1) is 11.6. The lowest BCUT2D eigenvalue weighted by atomic mass is 9.88. The second kappa shape index (κ2) is 4.34. The molecule has 0 bridgehead atoms. The van der Waals surface area contributed by atoms with Crippen LogP contribution in [0.25, 0.3) is 0 Å². The van der Waals surface area contributed by atoms with Crippen molar-refractivity contribution >= 4 is 9.84 Å². The van der Waals surface area contributed by atoms with Crippen molar-refractivity contribution < 1.29 is 13.2 Å². The van der Waals surface area contributed by atoms with Gasteiger partial charge in [-0.05, 0) is 19.8 Å². The van der Waals surface area contributed by atoms with Crippen LogP contribution in [0.3, 0.4) is 0 Å². The zero-order valence-corrected chi connectivity index (χ0v) is 9.64. The summed E-state index contributed by atoms with van der Waals surface area (Å²) in [4.78, 5) is 0. The highest BCUT2D eigenvalue weighted by molar-refractivity contribution is 7.91. The summed E-state index contributed by atoms with van der Waals surface area (Å²) in [5, 5.41) is 0. The lowest BCUT2D eigenvalue weighted by molar-refractivity contribution is 0.127. The summed E-state index contributed by atoms with van der Waals surface area (Å²) >= 11 is 0. The molecule has 1 aliphatic rings. The van der Waals surface area contributed by atoms with E-state index in [0.717, 1.165) is 12.8 Å². The summed E-state index contributed by atoms with van der Waals surface area (Å²) < 4.78 is 28.1. The second-order valence-corrected chi connectivity index (χ2v) is 6.47. The Bertz CT molecular complexity index is 305. The fourth-order valence-corrected chi connectivity index (χ4v) is 3.87. The molecule has 82 valence electrons. The molecule has 0 N–H and O–H groups in total. The second-order valence-electron chi connectivity index (χ2n) is 4.29. The number of allylic oxidation sites excluding steroid dienone is 1. The van der Waals surface area contributed by atoms with Crippen LogP contribution in [0.2, 0.25) is 0 Å². The van der Waals surface area contributed by atoms with Crippen molar-refractivity contribution in [3.8, 4) is 0 Å². The minimum atomic E-state index is -2.83. The number of hydrogen-bond acceptors (Lipinski definition) is 3. The van der Waals surface area contributed by atoms with Crippen LogP contribution in [-0.4, -0.2) is 26.5 Å². The molecular weight excluding hydrogens is 200 g/mol. The molecule has 1 heterocycles. The van der Waals surface area contributed by atoms with Crippen LogP contribution in [0, 0.1) is 5.41 Å². The largest absolute Gasteiger partial charge is 0.501 e. The van der Waals surface area contributed by atoms with Crippen molar-refractivity contribution in [3.05, 3.63) is 12.3 Å². The Kier molecular flexibility index (Phi) is 3.59. The van der Waals surface area contributed by atoms with Gasteiger partial charge < -0.3 is 4.74 Å². The summed E-state index contributed by atoms with van der Waals surface area (Å²) in [5.41, 5.74) is -0.198. The Morgan fingerprint density at radius 3 is 2.79 bits per heavy atom. The van der Waals surface area contributed by atoms with Crippen LogP contribution >= 0.6 is 0 Å². The fourth-order valence-electron chi connectivity index (χ4n) is 1.85. The van der Waals surface area contributed by atoms with Gasteiger partial charge >= 0.3 is 0 Å². The van der Waals surface area contributed by atoms with E-state index in [2.05, 4.69) is 0 Å². The molecule has 3 nitrogen and oxygen atoms in total. The topological polar surface area (TPSA) is 43.4 Å². The molecule has 1 unspecified atom stereocenters. The van der Waals surface area contributed by atoms with Gasteiger partial charge in [-0.3, -0.25) is 0 Å².